The Morgan fingerprint density at radius 1 is 1.19 bits per heavy atom. The maximum Gasteiger partial charge on any atom is 0.435 e. The minimum atomic E-state index is -4.67. The van der Waals surface area contributed by atoms with Crippen molar-refractivity contribution in [2.45, 2.75) is 45.7 Å². The van der Waals surface area contributed by atoms with E-state index >= 15 is 0 Å². The van der Waals surface area contributed by atoms with Crippen LogP contribution in [0.15, 0.2) is 24.3 Å². The summed E-state index contributed by atoms with van der Waals surface area (Å²) in [6.07, 6.45) is -3.04. The average molecular weight is 453 g/mol. The van der Waals surface area contributed by atoms with Gasteiger partial charge < -0.3 is 14.7 Å². The van der Waals surface area contributed by atoms with Crippen LogP contribution in [-0.4, -0.2) is 51.9 Å². The summed E-state index contributed by atoms with van der Waals surface area (Å²) in [6.45, 7) is 3.77. The summed E-state index contributed by atoms with van der Waals surface area (Å²) in [5, 5.41) is 13.0. The molecule has 0 bridgehead atoms. The standard InChI is InChI=1S/C22H26F3N3O4/c1-21(2,20(30)31)11-4-5-12-27-13-10-16-17(19(27)29)28(26-18(16)22(23,24)25)14-6-8-15(32-3)9-7-14/h6-9H,4-5,10-13H2,1-3H3,(H,30,31). The molecule has 0 unspecified atom stereocenters. The number of carboxylic acid groups (broad SMARTS) is 1. The summed E-state index contributed by atoms with van der Waals surface area (Å²) in [6, 6.07) is 6.27. The number of ether oxygens (including phenoxy) is 1. The number of nitrogens with zero attached hydrogens (tertiary/aromatic N) is 3. The highest BCUT2D eigenvalue weighted by atomic mass is 19.4. The van der Waals surface area contributed by atoms with Gasteiger partial charge in [-0.1, -0.05) is 6.42 Å². The van der Waals surface area contributed by atoms with Gasteiger partial charge in [-0.2, -0.15) is 18.3 Å². The first-order valence-corrected chi connectivity index (χ1v) is 10.3. The number of amides is 1. The summed E-state index contributed by atoms with van der Waals surface area (Å²) >= 11 is 0. The van der Waals surface area contributed by atoms with Crippen LogP contribution in [0.2, 0.25) is 0 Å². The fourth-order valence-electron chi connectivity index (χ4n) is 3.73. The number of aromatic nitrogens is 2. The van der Waals surface area contributed by atoms with Crippen molar-refractivity contribution in [3.63, 3.8) is 0 Å². The molecule has 1 N–H and O–H groups in total. The quantitative estimate of drug-likeness (QED) is 0.607. The van der Waals surface area contributed by atoms with Gasteiger partial charge in [0.25, 0.3) is 5.91 Å². The van der Waals surface area contributed by atoms with E-state index in [2.05, 4.69) is 5.10 Å². The molecule has 3 rings (SSSR count). The van der Waals surface area contributed by atoms with E-state index in [4.69, 9.17) is 4.74 Å². The molecule has 0 fully saturated rings. The maximum absolute atomic E-state index is 13.6. The summed E-state index contributed by atoms with van der Waals surface area (Å²) in [5.41, 5.74) is -1.76. The third kappa shape index (κ3) is 4.73. The molecule has 0 saturated heterocycles. The van der Waals surface area contributed by atoms with Crippen molar-refractivity contribution in [1.29, 1.82) is 0 Å². The lowest BCUT2D eigenvalue weighted by atomic mass is 9.87. The zero-order valence-corrected chi connectivity index (χ0v) is 18.2. The Labute approximate surface area is 183 Å². The molecule has 0 saturated carbocycles. The van der Waals surface area contributed by atoms with Crippen LogP contribution in [0, 0.1) is 5.41 Å². The van der Waals surface area contributed by atoms with Gasteiger partial charge >= 0.3 is 12.1 Å². The van der Waals surface area contributed by atoms with Gasteiger partial charge in [-0.15, -0.1) is 0 Å². The third-order valence-corrected chi connectivity index (χ3v) is 5.75. The first kappa shape index (κ1) is 23.6. The number of benzene rings is 1. The lowest BCUT2D eigenvalue weighted by Crippen LogP contribution is -2.39. The summed E-state index contributed by atoms with van der Waals surface area (Å²) in [5.74, 6) is -0.870. The number of aliphatic carboxylic acids is 1. The number of fused-ring (bicyclic) bond motifs is 1. The molecule has 1 aliphatic heterocycles. The predicted octanol–water partition coefficient (Wildman–Crippen LogP) is 4.18. The Morgan fingerprint density at radius 3 is 2.41 bits per heavy atom. The van der Waals surface area contributed by atoms with Crippen molar-refractivity contribution in [2.75, 3.05) is 20.2 Å². The van der Waals surface area contributed by atoms with Gasteiger partial charge in [0.1, 0.15) is 11.4 Å². The van der Waals surface area contributed by atoms with E-state index in [-0.39, 0.29) is 24.2 Å². The van der Waals surface area contributed by atoms with Gasteiger partial charge in [0, 0.05) is 18.7 Å². The minimum Gasteiger partial charge on any atom is -0.497 e. The van der Waals surface area contributed by atoms with Gasteiger partial charge in [-0.25, -0.2) is 4.68 Å². The monoisotopic (exact) mass is 453 g/mol. The Balaban J connectivity index is 1.84. The van der Waals surface area contributed by atoms with Crippen LogP contribution in [0.3, 0.4) is 0 Å². The number of unbranched alkanes of at least 4 members (excludes halogenated alkanes) is 1. The number of methoxy groups -OCH3 is 1. The molecule has 0 radical (unpaired) electrons. The second kappa shape index (κ2) is 8.84. The molecule has 0 spiro atoms. The van der Waals surface area contributed by atoms with E-state index in [9.17, 15) is 27.9 Å². The van der Waals surface area contributed by atoms with Crippen LogP contribution in [-0.2, 0) is 17.4 Å². The van der Waals surface area contributed by atoms with E-state index in [1.54, 1.807) is 38.1 Å². The third-order valence-electron chi connectivity index (χ3n) is 5.75. The number of rotatable bonds is 8. The van der Waals surface area contributed by atoms with E-state index in [0.717, 1.165) is 4.68 Å². The average Bonchev–Trinajstić information content (AvgIpc) is 3.13. The summed E-state index contributed by atoms with van der Waals surface area (Å²) in [7, 11) is 1.48. The van der Waals surface area contributed by atoms with Crippen molar-refractivity contribution < 1.29 is 32.6 Å². The molecule has 174 valence electrons. The van der Waals surface area contributed by atoms with Crippen molar-refractivity contribution in [3.05, 3.63) is 41.2 Å². The zero-order valence-electron chi connectivity index (χ0n) is 18.2. The SMILES string of the molecule is COc1ccc(-n2nc(C(F)(F)F)c3c2C(=O)N(CCCCC(C)(C)C(=O)O)CC3)cc1. The second-order valence-electron chi connectivity index (χ2n) is 8.47. The van der Waals surface area contributed by atoms with Crippen molar-refractivity contribution >= 4 is 11.9 Å². The van der Waals surface area contributed by atoms with E-state index < -0.39 is 29.2 Å². The number of carbonyl (C=O) groups is 2. The topological polar surface area (TPSA) is 84.7 Å². The first-order chi connectivity index (χ1) is 15.0. The molecule has 7 nitrogen and oxygen atoms in total. The number of hydrogen-bond donors (Lipinski definition) is 1. The highest BCUT2D eigenvalue weighted by Crippen LogP contribution is 2.36. The second-order valence-corrected chi connectivity index (χ2v) is 8.47. The largest absolute Gasteiger partial charge is 0.497 e. The molecule has 32 heavy (non-hydrogen) atoms. The number of hydrogen-bond acceptors (Lipinski definition) is 4. The van der Waals surface area contributed by atoms with E-state index in [1.807, 2.05) is 0 Å². The number of carbonyl (C=O) groups excluding carboxylic acids is 1. The normalized spacial score (nSPS) is 14.4. The molecule has 0 aliphatic carbocycles. The molecular formula is C22H26F3N3O4. The summed E-state index contributed by atoms with van der Waals surface area (Å²) in [4.78, 5) is 25.9. The lowest BCUT2D eigenvalue weighted by Gasteiger charge is -2.28. The number of halogens is 3. The minimum absolute atomic E-state index is 0.0483. The van der Waals surface area contributed by atoms with Gasteiger partial charge in [0.15, 0.2) is 5.69 Å². The molecule has 1 amide bonds. The Hall–Kier alpha value is -3.04. The van der Waals surface area contributed by atoms with Crippen LogP contribution in [0.25, 0.3) is 5.69 Å². The molecule has 1 aliphatic rings. The zero-order chi connectivity index (χ0) is 23.7. The molecule has 2 heterocycles. The van der Waals surface area contributed by atoms with Crippen LogP contribution in [0.5, 0.6) is 5.75 Å². The Kier molecular flexibility index (Phi) is 6.52. The molecule has 2 aromatic rings. The molecule has 10 heteroatoms. The van der Waals surface area contributed by atoms with Gasteiger partial charge in [0.2, 0.25) is 0 Å². The predicted molar refractivity (Wildman–Crippen MR) is 110 cm³/mol. The molecule has 0 atom stereocenters. The highest BCUT2D eigenvalue weighted by molar-refractivity contribution is 5.96. The van der Waals surface area contributed by atoms with Gasteiger partial charge in [-0.05, 0) is 57.4 Å². The van der Waals surface area contributed by atoms with Crippen LogP contribution < -0.4 is 4.74 Å². The Bertz CT molecular complexity index is 997. The number of alkyl halides is 3. The van der Waals surface area contributed by atoms with Crippen LogP contribution in [0.4, 0.5) is 13.2 Å². The Morgan fingerprint density at radius 2 is 1.84 bits per heavy atom. The first-order valence-electron chi connectivity index (χ1n) is 10.3. The van der Waals surface area contributed by atoms with E-state index in [1.165, 1.54) is 12.0 Å². The lowest BCUT2D eigenvalue weighted by molar-refractivity contribution is -0.147. The molecular weight excluding hydrogens is 427 g/mol. The molecule has 1 aromatic carbocycles. The van der Waals surface area contributed by atoms with Crippen molar-refractivity contribution in [2.24, 2.45) is 5.41 Å². The van der Waals surface area contributed by atoms with Gasteiger partial charge in [-0.3, -0.25) is 9.59 Å². The fourth-order valence-corrected chi connectivity index (χ4v) is 3.73. The maximum atomic E-state index is 13.6. The van der Waals surface area contributed by atoms with Crippen LogP contribution in [0.1, 0.15) is 54.9 Å². The van der Waals surface area contributed by atoms with Crippen molar-refractivity contribution in [1.82, 2.24) is 14.7 Å². The molecule has 1 aromatic heterocycles. The van der Waals surface area contributed by atoms with E-state index in [0.29, 0.717) is 37.2 Å². The number of carboxylic acids is 1. The van der Waals surface area contributed by atoms with Gasteiger partial charge in [0.05, 0.1) is 18.2 Å². The van der Waals surface area contributed by atoms with Crippen molar-refractivity contribution in [3.8, 4) is 11.4 Å². The fraction of sp³-hybridized carbons (Fsp3) is 0.500. The van der Waals surface area contributed by atoms with Crippen LogP contribution >= 0.6 is 0 Å². The summed E-state index contributed by atoms with van der Waals surface area (Å²) < 4.78 is 47.0. The highest BCUT2D eigenvalue weighted by Gasteiger charge is 2.43. The smallest absolute Gasteiger partial charge is 0.435 e.